The number of carbonyl (C=O) groups is 1. The van der Waals surface area contributed by atoms with Gasteiger partial charge in [-0.2, -0.15) is 0 Å². The van der Waals surface area contributed by atoms with Gasteiger partial charge in [0.05, 0.1) is 12.6 Å². The third kappa shape index (κ3) is 4.99. The largest absolute Gasteiger partial charge is 0.340 e. The molecule has 6 nitrogen and oxygen atoms in total. The van der Waals surface area contributed by atoms with Gasteiger partial charge in [0, 0.05) is 63.3 Å². The fourth-order valence-electron chi connectivity index (χ4n) is 3.19. The second-order valence-electron chi connectivity index (χ2n) is 6.54. The lowest BCUT2D eigenvalue weighted by molar-refractivity contribution is -0.132. The lowest BCUT2D eigenvalue weighted by Gasteiger charge is -2.36. The molecule has 2 aromatic rings. The van der Waals surface area contributed by atoms with Gasteiger partial charge in [-0.3, -0.25) is 9.69 Å². The number of aryl methyl sites for hydroxylation is 1. The highest BCUT2D eigenvalue weighted by atomic mass is 35.5. The minimum Gasteiger partial charge on any atom is -0.340 e. The molecule has 0 saturated carbocycles. The molecule has 1 N–H and O–H groups in total. The van der Waals surface area contributed by atoms with E-state index in [1.807, 2.05) is 17.8 Å². The van der Waals surface area contributed by atoms with Crippen LogP contribution in [0.15, 0.2) is 30.6 Å². The Labute approximate surface area is 169 Å². The smallest absolute Gasteiger partial charge is 0.236 e. The predicted octanol–water partition coefficient (Wildman–Crippen LogP) is 2.24. The van der Waals surface area contributed by atoms with Crippen LogP contribution >= 0.6 is 24.0 Å². The Morgan fingerprint density at radius 1 is 1.48 bits per heavy atom. The number of halogens is 3. The molecule has 2 heterocycles. The SMILES string of the molecule is CN(Cc1c(F)cccc1Cl)C(=O)CN1CCNCC1c1nccn1C.Cl. The van der Waals surface area contributed by atoms with Crippen molar-refractivity contribution in [2.45, 2.75) is 12.6 Å². The molecule has 1 unspecified atom stereocenters. The quantitative estimate of drug-likeness (QED) is 0.813. The topological polar surface area (TPSA) is 53.4 Å². The standard InChI is InChI=1S/C18H23ClFN5O.ClH/c1-23-8-7-22-18(23)16-10-21-6-9-25(16)12-17(26)24(2)11-13-14(19)4-3-5-15(13)20;/h3-5,7-8,16,21H,6,9-12H2,1-2H3;1H. The van der Waals surface area contributed by atoms with E-state index in [-0.39, 0.29) is 37.4 Å². The number of rotatable bonds is 5. The van der Waals surface area contributed by atoms with Crippen LogP contribution in [-0.2, 0) is 18.4 Å². The van der Waals surface area contributed by atoms with Crippen LogP contribution in [0.5, 0.6) is 0 Å². The van der Waals surface area contributed by atoms with E-state index in [0.29, 0.717) is 10.6 Å². The van der Waals surface area contributed by atoms with Crippen molar-refractivity contribution in [3.05, 3.63) is 52.8 Å². The van der Waals surface area contributed by atoms with Gasteiger partial charge in [0.25, 0.3) is 0 Å². The molecule has 1 fully saturated rings. The van der Waals surface area contributed by atoms with E-state index in [1.165, 1.54) is 11.0 Å². The van der Waals surface area contributed by atoms with E-state index in [4.69, 9.17) is 11.6 Å². The number of benzene rings is 1. The van der Waals surface area contributed by atoms with Crippen molar-refractivity contribution < 1.29 is 9.18 Å². The second kappa shape index (κ2) is 9.50. The molecule has 9 heteroatoms. The molecule has 3 rings (SSSR count). The summed E-state index contributed by atoms with van der Waals surface area (Å²) in [5.41, 5.74) is 0.339. The number of carbonyl (C=O) groups excluding carboxylic acids is 1. The molecule has 0 bridgehead atoms. The fourth-order valence-corrected chi connectivity index (χ4v) is 3.41. The molecule has 0 aliphatic carbocycles. The van der Waals surface area contributed by atoms with Gasteiger partial charge in [-0.1, -0.05) is 17.7 Å². The summed E-state index contributed by atoms with van der Waals surface area (Å²) in [7, 11) is 3.62. The Balaban J connectivity index is 0.00000261. The molecule has 0 radical (unpaired) electrons. The zero-order valence-corrected chi connectivity index (χ0v) is 16.9. The van der Waals surface area contributed by atoms with Gasteiger partial charge in [-0.25, -0.2) is 9.37 Å². The fraction of sp³-hybridized carbons (Fsp3) is 0.444. The van der Waals surface area contributed by atoms with Crippen molar-refractivity contribution in [1.29, 1.82) is 0 Å². The molecule has 27 heavy (non-hydrogen) atoms. The average molecular weight is 416 g/mol. The van der Waals surface area contributed by atoms with Crippen LogP contribution in [0, 0.1) is 5.82 Å². The van der Waals surface area contributed by atoms with E-state index in [9.17, 15) is 9.18 Å². The lowest BCUT2D eigenvalue weighted by atomic mass is 10.1. The Kier molecular flexibility index (Phi) is 7.61. The minimum atomic E-state index is -0.398. The third-order valence-electron chi connectivity index (χ3n) is 4.73. The minimum absolute atomic E-state index is 0. The number of hydrogen-bond acceptors (Lipinski definition) is 4. The maximum atomic E-state index is 14.0. The number of nitrogens with zero attached hydrogens (tertiary/aromatic N) is 4. The first-order valence-electron chi connectivity index (χ1n) is 8.56. The van der Waals surface area contributed by atoms with Crippen LogP contribution in [-0.4, -0.2) is 58.5 Å². The molecule has 1 aliphatic rings. The van der Waals surface area contributed by atoms with Crippen LogP contribution in [0.3, 0.4) is 0 Å². The number of likely N-dealkylation sites (N-methyl/N-ethyl adjacent to an activating group) is 1. The first-order valence-corrected chi connectivity index (χ1v) is 8.94. The van der Waals surface area contributed by atoms with E-state index >= 15 is 0 Å². The van der Waals surface area contributed by atoms with Crippen LogP contribution in [0.1, 0.15) is 17.4 Å². The van der Waals surface area contributed by atoms with Crippen molar-refractivity contribution >= 4 is 29.9 Å². The van der Waals surface area contributed by atoms with Crippen molar-refractivity contribution in [1.82, 2.24) is 24.7 Å². The summed E-state index contributed by atoms with van der Waals surface area (Å²) in [5, 5.41) is 3.68. The van der Waals surface area contributed by atoms with Gasteiger partial charge in [0.2, 0.25) is 5.91 Å². The van der Waals surface area contributed by atoms with E-state index < -0.39 is 5.82 Å². The Bertz CT molecular complexity index is 765. The van der Waals surface area contributed by atoms with Gasteiger partial charge in [0.15, 0.2) is 0 Å². The number of hydrogen-bond donors (Lipinski definition) is 1. The maximum absolute atomic E-state index is 14.0. The van der Waals surface area contributed by atoms with Crippen molar-refractivity contribution in [2.24, 2.45) is 7.05 Å². The maximum Gasteiger partial charge on any atom is 0.236 e. The van der Waals surface area contributed by atoms with Gasteiger partial charge in [-0.15, -0.1) is 12.4 Å². The summed E-state index contributed by atoms with van der Waals surface area (Å²) in [6, 6.07) is 4.57. The van der Waals surface area contributed by atoms with Gasteiger partial charge in [0.1, 0.15) is 11.6 Å². The number of aromatic nitrogens is 2. The summed E-state index contributed by atoms with van der Waals surface area (Å²) in [6.07, 6.45) is 3.66. The number of piperazine rings is 1. The molecule has 1 aliphatic heterocycles. The van der Waals surface area contributed by atoms with Gasteiger partial charge < -0.3 is 14.8 Å². The second-order valence-corrected chi connectivity index (χ2v) is 6.94. The van der Waals surface area contributed by atoms with Crippen molar-refractivity contribution in [3.63, 3.8) is 0 Å². The monoisotopic (exact) mass is 415 g/mol. The summed E-state index contributed by atoms with van der Waals surface area (Å²) < 4.78 is 15.9. The highest BCUT2D eigenvalue weighted by Crippen LogP contribution is 2.22. The Morgan fingerprint density at radius 2 is 2.26 bits per heavy atom. The molecule has 1 aromatic heterocycles. The lowest BCUT2D eigenvalue weighted by Crippen LogP contribution is -2.50. The zero-order chi connectivity index (χ0) is 18.7. The summed E-state index contributed by atoms with van der Waals surface area (Å²) in [6.45, 7) is 2.70. The molecular formula is C18H24Cl2FN5O. The predicted molar refractivity (Wildman–Crippen MR) is 106 cm³/mol. The third-order valence-corrected chi connectivity index (χ3v) is 5.09. The average Bonchev–Trinajstić information content (AvgIpc) is 3.04. The normalized spacial score (nSPS) is 17.4. The van der Waals surface area contributed by atoms with Crippen LogP contribution in [0.2, 0.25) is 5.02 Å². The van der Waals surface area contributed by atoms with Crippen molar-refractivity contribution in [2.75, 3.05) is 33.2 Å². The zero-order valence-electron chi connectivity index (χ0n) is 15.4. The molecule has 0 spiro atoms. The summed E-state index contributed by atoms with van der Waals surface area (Å²) in [5.74, 6) is 0.445. The molecule has 148 valence electrons. The number of amides is 1. The first kappa shape index (κ1) is 21.6. The Morgan fingerprint density at radius 3 is 2.93 bits per heavy atom. The molecule has 1 saturated heterocycles. The van der Waals surface area contributed by atoms with Crippen LogP contribution < -0.4 is 5.32 Å². The summed E-state index contributed by atoms with van der Waals surface area (Å²) in [4.78, 5) is 20.8. The van der Waals surface area contributed by atoms with Gasteiger partial charge in [-0.05, 0) is 12.1 Å². The molecule has 1 aromatic carbocycles. The van der Waals surface area contributed by atoms with Crippen LogP contribution in [0.4, 0.5) is 4.39 Å². The van der Waals surface area contributed by atoms with Crippen LogP contribution in [0.25, 0.3) is 0 Å². The molecule has 1 amide bonds. The van der Waals surface area contributed by atoms with Crippen molar-refractivity contribution in [3.8, 4) is 0 Å². The molecular weight excluding hydrogens is 392 g/mol. The summed E-state index contributed by atoms with van der Waals surface area (Å²) >= 11 is 6.07. The number of imidazole rings is 1. The highest BCUT2D eigenvalue weighted by Gasteiger charge is 2.29. The van der Waals surface area contributed by atoms with E-state index in [2.05, 4.69) is 15.2 Å². The Hall–Kier alpha value is -1.67. The van der Waals surface area contributed by atoms with E-state index in [1.54, 1.807) is 25.4 Å². The van der Waals surface area contributed by atoms with E-state index in [0.717, 1.165) is 25.5 Å². The van der Waals surface area contributed by atoms with Gasteiger partial charge >= 0.3 is 0 Å². The number of nitrogens with one attached hydrogen (secondary N) is 1. The first-order chi connectivity index (χ1) is 12.5. The highest BCUT2D eigenvalue weighted by molar-refractivity contribution is 6.31. The molecule has 1 atom stereocenters.